The third-order valence-corrected chi connectivity index (χ3v) is 4.06. The van der Waals surface area contributed by atoms with Gasteiger partial charge in [-0.1, -0.05) is 0 Å². The van der Waals surface area contributed by atoms with Crippen LogP contribution in [-0.4, -0.2) is 18.0 Å². The third kappa shape index (κ3) is 3.03. The van der Waals surface area contributed by atoms with Gasteiger partial charge in [0.25, 0.3) is 0 Å². The Balaban J connectivity index is 1.84. The van der Waals surface area contributed by atoms with Gasteiger partial charge in [0.1, 0.15) is 22.5 Å². The molecule has 0 aliphatic rings. The molecule has 10 heteroatoms. The first kappa shape index (κ1) is 16.2. The average molecular weight is 376 g/mol. The van der Waals surface area contributed by atoms with E-state index < -0.39 is 21.7 Å². The van der Waals surface area contributed by atoms with E-state index in [-0.39, 0.29) is 28.3 Å². The minimum atomic E-state index is -4.43. The molecule has 26 heavy (non-hydrogen) atoms. The molecule has 0 bridgehead atoms. The van der Waals surface area contributed by atoms with Crippen LogP contribution in [0.3, 0.4) is 0 Å². The molecule has 132 valence electrons. The Hall–Kier alpha value is -3.24. The van der Waals surface area contributed by atoms with Crippen molar-refractivity contribution in [2.75, 3.05) is 4.72 Å². The molecule has 0 aliphatic carbocycles. The number of fused-ring (bicyclic) bond motifs is 2. The average Bonchev–Trinajstić information content (AvgIpc) is 2.95. The molecule has 0 spiro atoms. The number of nitrogens with zero attached hydrogens (tertiary/aromatic N) is 1. The van der Waals surface area contributed by atoms with Crippen molar-refractivity contribution in [1.29, 1.82) is 0 Å². The van der Waals surface area contributed by atoms with Gasteiger partial charge >= 0.3 is 15.9 Å². The number of aromatic nitrogens is 1. The molecule has 0 amide bonds. The number of hydrogen-bond acceptors (Lipinski definition) is 6. The van der Waals surface area contributed by atoms with E-state index >= 15 is 0 Å². The van der Waals surface area contributed by atoms with E-state index in [0.29, 0.717) is 10.9 Å². The maximum absolute atomic E-state index is 13.2. The van der Waals surface area contributed by atoms with Gasteiger partial charge in [-0.15, -0.1) is 0 Å². The third-order valence-electron chi connectivity index (χ3n) is 3.56. The van der Waals surface area contributed by atoms with Gasteiger partial charge < -0.3 is 8.83 Å². The maximum Gasteiger partial charge on any atom is 0.357 e. The van der Waals surface area contributed by atoms with Crippen LogP contribution in [0.15, 0.2) is 56.1 Å². The zero-order valence-electron chi connectivity index (χ0n) is 12.8. The summed E-state index contributed by atoms with van der Waals surface area (Å²) in [5.41, 5.74) is -0.0273. The van der Waals surface area contributed by atoms with E-state index in [4.69, 9.17) is 13.4 Å². The summed E-state index contributed by atoms with van der Waals surface area (Å²) in [6.07, 6.45) is 0. The van der Waals surface area contributed by atoms with Crippen LogP contribution in [0.5, 0.6) is 0 Å². The van der Waals surface area contributed by atoms with E-state index in [1.807, 2.05) is 4.72 Å². The predicted octanol–water partition coefficient (Wildman–Crippen LogP) is 2.96. The van der Waals surface area contributed by atoms with Gasteiger partial charge in [-0.05, 0) is 30.3 Å². The smallest absolute Gasteiger partial charge is 0.357 e. The van der Waals surface area contributed by atoms with Crippen LogP contribution < -0.4 is 10.3 Å². The molecule has 0 fully saturated rings. The zero-order chi connectivity index (χ0) is 18.5. The number of anilines is 1. The highest BCUT2D eigenvalue weighted by atomic mass is 32.2. The molecule has 2 heterocycles. The molecule has 0 saturated heterocycles. The molecular formula is C16H9FN2O6S. The van der Waals surface area contributed by atoms with Gasteiger partial charge in [0.05, 0.1) is 5.69 Å². The van der Waals surface area contributed by atoms with Gasteiger partial charge in [0.15, 0.2) is 5.58 Å². The van der Waals surface area contributed by atoms with Gasteiger partial charge in [-0.2, -0.15) is 8.42 Å². The predicted molar refractivity (Wildman–Crippen MR) is 90.6 cm³/mol. The highest BCUT2D eigenvalue weighted by molar-refractivity contribution is 7.87. The Labute approximate surface area is 144 Å². The Morgan fingerprint density at radius 2 is 1.85 bits per heavy atom. The van der Waals surface area contributed by atoms with Crippen LogP contribution in [0.25, 0.3) is 33.5 Å². The molecule has 0 saturated carbocycles. The molecule has 0 aliphatic heterocycles. The monoisotopic (exact) mass is 376 g/mol. The molecule has 8 nitrogen and oxygen atoms in total. The lowest BCUT2D eigenvalue weighted by atomic mass is 10.2. The van der Waals surface area contributed by atoms with Gasteiger partial charge in [0, 0.05) is 17.5 Å². The molecular weight excluding hydrogens is 367 g/mol. The van der Waals surface area contributed by atoms with Crippen LogP contribution >= 0.6 is 0 Å². The summed E-state index contributed by atoms with van der Waals surface area (Å²) in [5, 5.41) is 0.483. The standard InChI is InChI=1S/C16H9FN2O6S/c17-9-2-1-8-5-11(16(20)25-13(8)6-9)15-18-12-4-3-10(7-14(12)24-15)19-26(21,22)23/h1-7,19H,(H,21,22,23). The Bertz CT molecular complexity index is 1330. The fourth-order valence-electron chi connectivity index (χ4n) is 2.49. The van der Waals surface area contributed by atoms with Crippen molar-refractivity contribution in [3.05, 3.63) is 58.7 Å². The van der Waals surface area contributed by atoms with Crippen molar-refractivity contribution in [1.82, 2.24) is 4.98 Å². The van der Waals surface area contributed by atoms with E-state index in [1.54, 1.807) is 0 Å². The normalized spacial score (nSPS) is 11.9. The molecule has 0 radical (unpaired) electrons. The number of halogens is 1. The number of nitrogens with one attached hydrogen (secondary N) is 1. The van der Waals surface area contributed by atoms with Crippen LogP contribution in [0.4, 0.5) is 10.1 Å². The molecule has 2 N–H and O–H groups in total. The largest absolute Gasteiger partial charge is 0.436 e. The van der Waals surface area contributed by atoms with Crippen molar-refractivity contribution in [2.24, 2.45) is 0 Å². The van der Waals surface area contributed by atoms with Crippen LogP contribution in [0, 0.1) is 5.82 Å². The molecule has 0 unspecified atom stereocenters. The Morgan fingerprint density at radius 1 is 1.04 bits per heavy atom. The van der Waals surface area contributed by atoms with Crippen molar-refractivity contribution in [3.8, 4) is 11.5 Å². The van der Waals surface area contributed by atoms with Gasteiger partial charge in [0.2, 0.25) is 5.89 Å². The van der Waals surface area contributed by atoms with Crippen LogP contribution in [-0.2, 0) is 10.3 Å². The topological polar surface area (TPSA) is 123 Å². The fourth-order valence-corrected chi connectivity index (χ4v) is 2.91. The highest BCUT2D eigenvalue weighted by Crippen LogP contribution is 2.27. The van der Waals surface area contributed by atoms with E-state index in [9.17, 15) is 17.6 Å². The minimum absolute atomic E-state index is 0.0320. The maximum atomic E-state index is 13.2. The number of oxazole rings is 1. The van der Waals surface area contributed by atoms with E-state index in [0.717, 1.165) is 6.07 Å². The van der Waals surface area contributed by atoms with Crippen LogP contribution in [0.1, 0.15) is 0 Å². The SMILES string of the molecule is O=c1oc2cc(F)ccc2cc1-c1nc2ccc(NS(=O)(=O)O)cc2o1. The first-order valence-electron chi connectivity index (χ1n) is 7.18. The van der Waals surface area contributed by atoms with Crippen molar-refractivity contribution < 1.29 is 26.2 Å². The minimum Gasteiger partial charge on any atom is -0.436 e. The first-order chi connectivity index (χ1) is 12.3. The van der Waals surface area contributed by atoms with Crippen molar-refractivity contribution in [3.63, 3.8) is 0 Å². The summed E-state index contributed by atoms with van der Waals surface area (Å²) in [7, 11) is -4.43. The molecule has 0 atom stereocenters. The Kier molecular flexibility index (Phi) is 3.53. The second-order valence-corrected chi connectivity index (χ2v) is 6.56. The molecule has 4 rings (SSSR count). The van der Waals surface area contributed by atoms with Gasteiger partial charge in [-0.3, -0.25) is 9.27 Å². The molecule has 2 aromatic carbocycles. The highest BCUT2D eigenvalue weighted by Gasteiger charge is 2.16. The summed E-state index contributed by atoms with van der Waals surface area (Å²) < 4.78 is 56.3. The molecule has 2 aromatic heterocycles. The molecule has 4 aromatic rings. The summed E-state index contributed by atoms with van der Waals surface area (Å²) in [4.78, 5) is 16.3. The van der Waals surface area contributed by atoms with Crippen molar-refractivity contribution >= 4 is 38.1 Å². The second kappa shape index (κ2) is 5.64. The van der Waals surface area contributed by atoms with E-state index in [1.165, 1.54) is 36.4 Å². The summed E-state index contributed by atoms with van der Waals surface area (Å²) in [6, 6.07) is 9.36. The summed E-state index contributed by atoms with van der Waals surface area (Å²) in [5.74, 6) is -0.571. The van der Waals surface area contributed by atoms with Gasteiger partial charge in [-0.25, -0.2) is 14.2 Å². The number of benzene rings is 2. The number of hydrogen-bond donors (Lipinski definition) is 2. The summed E-state index contributed by atoms with van der Waals surface area (Å²) in [6.45, 7) is 0. The lowest BCUT2D eigenvalue weighted by Crippen LogP contribution is -2.09. The second-order valence-electron chi connectivity index (χ2n) is 5.41. The number of rotatable bonds is 3. The fraction of sp³-hybridized carbons (Fsp3) is 0. The van der Waals surface area contributed by atoms with Crippen LogP contribution in [0.2, 0.25) is 0 Å². The quantitative estimate of drug-likeness (QED) is 0.416. The van der Waals surface area contributed by atoms with Crippen molar-refractivity contribution in [2.45, 2.75) is 0 Å². The zero-order valence-corrected chi connectivity index (χ0v) is 13.6. The summed E-state index contributed by atoms with van der Waals surface area (Å²) >= 11 is 0. The Morgan fingerprint density at radius 3 is 2.62 bits per heavy atom. The lowest BCUT2D eigenvalue weighted by molar-refractivity contribution is 0.489. The van der Waals surface area contributed by atoms with E-state index in [2.05, 4.69) is 4.98 Å². The lowest BCUT2D eigenvalue weighted by Gasteiger charge is -2.00. The first-order valence-corrected chi connectivity index (χ1v) is 8.62.